The highest BCUT2D eigenvalue weighted by Gasteiger charge is 2.18. The number of amides is 2. The lowest BCUT2D eigenvalue weighted by molar-refractivity contribution is -0.187. The minimum absolute atomic E-state index is 0.474. The number of hydrogen-bond donors (Lipinski definition) is 1. The summed E-state index contributed by atoms with van der Waals surface area (Å²) in [7, 11) is 1.27. The number of hydroxylamine groups is 1. The van der Waals surface area contributed by atoms with Gasteiger partial charge in [-0.3, -0.25) is 0 Å². The first kappa shape index (κ1) is 13.1. The normalized spacial score (nSPS) is 20.9. The number of hydrogen-bond acceptors (Lipinski definition) is 3. The third kappa shape index (κ3) is 4.71. The second kappa shape index (κ2) is 6.59. The number of rotatable bonds is 4. The molecule has 7 heteroatoms. The van der Waals surface area contributed by atoms with Crippen LogP contribution in [0.1, 0.15) is 19.3 Å². The predicted molar refractivity (Wildman–Crippen MR) is 51.8 cm³/mol. The number of ether oxygens (including phenoxy) is 1. The van der Waals surface area contributed by atoms with E-state index in [4.69, 9.17) is 9.57 Å². The van der Waals surface area contributed by atoms with Crippen LogP contribution >= 0.6 is 0 Å². The van der Waals surface area contributed by atoms with E-state index in [2.05, 4.69) is 5.48 Å². The van der Waals surface area contributed by atoms with E-state index in [0.29, 0.717) is 13.0 Å². The lowest BCUT2D eigenvalue weighted by Crippen LogP contribution is -2.42. The highest BCUT2D eigenvalue weighted by Crippen LogP contribution is 2.12. The van der Waals surface area contributed by atoms with Crippen LogP contribution < -0.4 is 5.48 Å². The van der Waals surface area contributed by atoms with Crippen LogP contribution in [0.5, 0.6) is 0 Å². The number of alkyl halides is 2. The molecule has 5 nitrogen and oxygen atoms in total. The first-order valence-electron chi connectivity index (χ1n) is 5.16. The number of carbonyl (C=O) groups is 1. The largest absolute Gasteiger partial charge is 0.350 e. The Hall–Kier alpha value is -0.950. The molecule has 0 saturated carbocycles. The SMILES string of the molecule is CN(CC(F)F)C(=O)NO[C@@H]1CCCCO1. The summed E-state index contributed by atoms with van der Waals surface area (Å²) in [5, 5.41) is 0. The smallest absolute Gasteiger partial charge is 0.341 e. The molecule has 0 aromatic rings. The van der Waals surface area contributed by atoms with Crippen LogP contribution in [0.3, 0.4) is 0 Å². The highest BCUT2D eigenvalue weighted by atomic mass is 19.3. The molecular weight excluding hydrogens is 222 g/mol. The summed E-state index contributed by atoms with van der Waals surface area (Å²) >= 11 is 0. The van der Waals surface area contributed by atoms with E-state index in [1.165, 1.54) is 7.05 Å². The van der Waals surface area contributed by atoms with Gasteiger partial charge in [0.2, 0.25) is 0 Å². The highest BCUT2D eigenvalue weighted by molar-refractivity contribution is 5.72. The quantitative estimate of drug-likeness (QED) is 0.752. The van der Waals surface area contributed by atoms with Gasteiger partial charge in [0.05, 0.1) is 6.54 Å². The first-order chi connectivity index (χ1) is 7.59. The molecule has 1 saturated heterocycles. The van der Waals surface area contributed by atoms with Gasteiger partial charge in [-0.05, 0) is 12.8 Å². The predicted octanol–water partition coefficient (Wildman–Crippen LogP) is 1.35. The number of nitrogens with zero attached hydrogens (tertiary/aromatic N) is 1. The monoisotopic (exact) mass is 238 g/mol. The molecule has 0 aromatic heterocycles. The van der Waals surface area contributed by atoms with Crippen molar-refractivity contribution in [1.82, 2.24) is 10.4 Å². The fraction of sp³-hybridized carbons (Fsp3) is 0.889. The number of carbonyl (C=O) groups excluding carboxylic acids is 1. The van der Waals surface area contributed by atoms with Gasteiger partial charge in [0.1, 0.15) is 0 Å². The van der Waals surface area contributed by atoms with Crippen molar-refractivity contribution in [2.75, 3.05) is 20.2 Å². The van der Waals surface area contributed by atoms with E-state index in [0.717, 1.165) is 17.7 Å². The third-order valence-corrected chi connectivity index (χ3v) is 2.17. The van der Waals surface area contributed by atoms with Gasteiger partial charge in [0.25, 0.3) is 6.43 Å². The summed E-state index contributed by atoms with van der Waals surface area (Å²) in [6.45, 7) is -0.0336. The molecule has 94 valence electrons. The van der Waals surface area contributed by atoms with Crippen molar-refractivity contribution in [3.05, 3.63) is 0 Å². The summed E-state index contributed by atoms with van der Waals surface area (Å²) in [5.41, 5.74) is 2.09. The molecule has 1 N–H and O–H groups in total. The molecule has 0 radical (unpaired) electrons. The zero-order chi connectivity index (χ0) is 12.0. The fourth-order valence-corrected chi connectivity index (χ4v) is 1.29. The van der Waals surface area contributed by atoms with E-state index in [-0.39, 0.29) is 0 Å². The zero-order valence-corrected chi connectivity index (χ0v) is 9.12. The van der Waals surface area contributed by atoms with Gasteiger partial charge in [-0.1, -0.05) is 0 Å². The Bertz CT molecular complexity index is 223. The molecule has 0 unspecified atom stereocenters. The fourth-order valence-electron chi connectivity index (χ4n) is 1.29. The molecule has 0 aliphatic carbocycles. The third-order valence-electron chi connectivity index (χ3n) is 2.17. The van der Waals surface area contributed by atoms with Crippen molar-refractivity contribution in [1.29, 1.82) is 0 Å². The van der Waals surface area contributed by atoms with Gasteiger partial charge in [-0.15, -0.1) is 0 Å². The van der Waals surface area contributed by atoms with Gasteiger partial charge in [-0.25, -0.2) is 23.9 Å². The number of urea groups is 1. The second-order valence-corrected chi connectivity index (χ2v) is 3.59. The molecule has 2 amide bonds. The summed E-state index contributed by atoms with van der Waals surface area (Å²) in [4.78, 5) is 17.0. The summed E-state index contributed by atoms with van der Waals surface area (Å²) < 4.78 is 29.1. The molecule has 0 aromatic carbocycles. The standard InChI is InChI=1S/C9H16F2N2O3/c1-13(6-7(10)11)9(14)12-16-8-4-2-3-5-15-8/h7-8H,2-6H2,1H3,(H,12,14)/t8-/m1/s1. The maximum absolute atomic E-state index is 12.0. The Morgan fingerprint density at radius 2 is 2.38 bits per heavy atom. The molecule has 1 fully saturated rings. The van der Waals surface area contributed by atoms with E-state index in [1.807, 2.05) is 0 Å². The minimum atomic E-state index is -2.55. The number of halogens is 2. The van der Waals surface area contributed by atoms with Crippen molar-refractivity contribution >= 4 is 6.03 Å². The molecule has 16 heavy (non-hydrogen) atoms. The maximum Gasteiger partial charge on any atom is 0.341 e. The summed E-state index contributed by atoms with van der Waals surface area (Å²) in [6, 6.07) is -0.700. The van der Waals surface area contributed by atoms with Crippen LogP contribution in [0.25, 0.3) is 0 Å². The molecular formula is C9H16F2N2O3. The summed E-state index contributed by atoms with van der Waals surface area (Å²) in [5.74, 6) is 0. The minimum Gasteiger partial charge on any atom is -0.350 e. The van der Waals surface area contributed by atoms with Gasteiger partial charge in [0, 0.05) is 20.1 Å². The van der Waals surface area contributed by atoms with E-state index in [9.17, 15) is 13.6 Å². The molecule has 1 heterocycles. The Kier molecular flexibility index (Phi) is 5.41. The lowest BCUT2D eigenvalue weighted by atomic mass is 10.2. The first-order valence-corrected chi connectivity index (χ1v) is 5.16. The molecule has 0 spiro atoms. The van der Waals surface area contributed by atoms with Gasteiger partial charge in [-0.2, -0.15) is 0 Å². The van der Waals surface area contributed by atoms with Crippen molar-refractivity contribution < 1.29 is 23.1 Å². The van der Waals surface area contributed by atoms with Crippen LogP contribution in [0, 0.1) is 0 Å². The summed E-state index contributed by atoms with van der Waals surface area (Å²) in [6.07, 6.45) is -0.398. The molecule has 1 aliphatic rings. The molecule has 0 bridgehead atoms. The Balaban J connectivity index is 2.17. The van der Waals surface area contributed by atoms with E-state index >= 15 is 0 Å². The molecule has 1 rings (SSSR count). The average Bonchev–Trinajstić information content (AvgIpc) is 2.26. The van der Waals surface area contributed by atoms with Gasteiger partial charge in [0.15, 0.2) is 6.29 Å². The maximum atomic E-state index is 12.0. The van der Waals surface area contributed by atoms with Crippen molar-refractivity contribution in [3.8, 4) is 0 Å². The Morgan fingerprint density at radius 3 is 2.94 bits per heavy atom. The van der Waals surface area contributed by atoms with Crippen molar-refractivity contribution in [2.45, 2.75) is 32.0 Å². The lowest BCUT2D eigenvalue weighted by Gasteiger charge is -2.24. The van der Waals surface area contributed by atoms with E-state index in [1.54, 1.807) is 0 Å². The van der Waals surface area contributed by atoms with Crippen molar-refractivity contribution in [2.24, 2.45) is 0 Å². The van der Waals surface area contributed by atoms with Crippen LogP contribution in [0.15, 0.2) is 0 Å². The number of nitrogens with one attached hydrogen (secondary N) is 1. The topological polar surface area (TPSA) is 50.8 Å². The van der Waals surface area contributed by atoms with Gasteiger partial charge >= 0.3 is 6.03 Å². The Morgan fingerprint density at radius 1 is 1.62 bits per heavy atom. The van der Waals surface area contributed by atoms with Gasteiger partial charge < -0.3 is 9.64 Å². The second-order valence-electron chi connectivity index (χ2n) is 3.59. The zero-order valence-electron chi connectivity index (χ0n) is 9.12. The van der Waals surface area contributed by atoms with Crippen LogP contribution in [0.2, 0.25) is 0 Å². The van der Waals surface area contributed by atoms with Crippen LogP contribution in [0.4, 0.5) is 13.6 Å². The van der Waals surface area contributed by atoms with E-state index < -0.39 is 25.3 Å². The van der Waals surface area contributed by atoms with Crippen LogP contribution in [-0.4, -0.2) is 43.8 Å². The Labute approximate surface area is 92.6 Å². The molecule has 1 atom stereocenters. The van der Waals surface area contributed by atoms with Crippen molar-refractivity contribution in [3.63, 3.8) is 0 Å². The molecule has 1 aliphatic heterocycles. The van der Waals surface area contributed by atoms with Crippen LogP contribution in [-0.2, 0) is 9.57 Å². The average molecular weight is 238 g/mol.